The fraction of sp³-hybridized carbons (Fsp3) is 0.474. The molecule has 26 heavy (non-hydrogen) atoms. The number of hydrogen-bond acceptors (Lipinski definition) is 6. The van der Waals surface area contributed by atoms with Crippen molar-refractivity contribution in [3.05, 3.63) is 29.8 Å². The van der Waals surface area contributed by atoms with Gasteiger partial charge in [0, 0.05) is 0 Å². The molecule has 1 heterocycles. The number of imide groups is 1. The second kappa shape index (κ2) is 7.68. The van der Waals surface area contributed by atoms with E-state index in [-0.39, 0.29) is 23.7 Å². The number of ether oxygens (including phenoxy) is 2. The second-order valence-corrected chi connectivity index (χ2v) is 6.54. The van der Waals surface area contributed by atoms with Gasteiger partial charge in [0.1, 0.15) is 12.3 Å². The van der Waals surface area contributed by atoms with Crippen LogP contribution in [0.4, 0.5) is 0 Å². The molecule has 2 amide bonds. The standard InChI is InChI=1S/C19H21NO6/c1-25-16-9-5-4-8-14(16)15(21)11-26-17(22)10-20-18(23)12-6-2-3-7-13(12)19(20)24/h4-5,8-9,12-13H,2-3,6-7,10-11H2,1H3/t12-,13+. The Morgan fingerprint density at radius 1 is 1.08 bits per heavy atom. The van der Waals surface area contributed by atoms with Crippen molar-refractivity contribution in [2.24, 2.45) is 11.8 Å². The lowest BCUT2D eigenvalue weighted by Gasteiger charge is -2.19. The molecule has 0 unspecified atom stereocenters. The molecular formula is C19H21NO6. The maximum absolute atomic E-state index is 12.3. The number of carbonyl (C=O) groups is 4. The van der Waals surface area contributed by atoms with E-state index in [9.17, 15) is 19.2 Å². The van der Waals surface area contributed by atoms with Gasteiger partial charge in [-0.15, -0.1) is 0 Å². The summed E-state index contributed by atoms with van der Waals surface area (Å²) < 4.78 is 10.1. The van der Waals surface area contributed by atoms with Crippen LogP contribution in [-0.4, -0.2) is 48.7 Å². The van der Waals surface area contributed by atoms with Crippen LogP contribution >= 0.6 is 0 Å². The molecule has 1 aliphatic carbocycles. The zero-order valence-electron chi connectivity index (χ0n) is 14.6. The molecule has 138 valence electrons. The van der Waals surface area contributed by atoms with Crippen LogP contribution in [0.2, 0.25) is 0 Å². The molecule has 0 radical (unpaired) electrons. The van der Waals surface area contributed by atoms with Gasteiger partial charge in [0.25, 0.3) is 0 Å². The number of esters is 1. The lowest BCUT2D eigenvalue weighted by molar-refractivity contribution is -0.152. The molecule has 1 aromatic carbocycles. The molecule has 7 nitrogen and oxygen atoms in total. The topological polar surface area (TPSA) is 90.0 Å². The van der Waals surface area contributed by atoms with Gasteiger partial charge in [-0.25, -0.2) is 0 Å². The first-order valence-electron chi connectivity index (χ1n) is 8.70. The number of para-hydroxylation sites is 1. The summed E-state index contributed by atoms with van der Waals surface area (Å²) in [5, 5.41) is 0. The number of rotatable bonds is 6. The normalized spacial score (nSPS) is 22.1. The Kier molecular flexibility index (Phi) is 5.35. The fourth-order valence-electron chi connectivity index (χ4n) is 3.66. The zero-order valence-corrected chi connectivity index (χ0v) is 14.6. The Bertz CT molecular complexity index is 719. The van der Waals surface area contributed by atoms with E-state index in [1.54, 1.807) is 24.3 Å². The quantitative estimate of drug-likeness (QED) is 0.435. The second-order valence-electron chi connectivity index (χ2n) is 6.54. The van der Waals surface area contributed by atoms with E-state index < -0.39 is 24.9 Å². The first kappa shape index (κ1) is 18.1. The molecule has 1 aromatic rings. The average molecular weight is 359 g/mol. The minimum Gasteiger partial charge on any atom is -0.496 e. The number of Topliss-reactive ketones (excluding diaryl/α,β-unsaturated/α-hetero) is 1. The summed E-state index contributed by atoms with van der Waals surface area (Å²) >= 11 is 0. The van der Waals surface area contributed by atoms with Crippen LogP contribution in [0.5, 0.6) is 5.75 Å². The third-order valence-corrected chi connectivity index (χ3v) is 4.99. The molecule has 1 saturated heterocycles. The van der Waals surface area contributed by atoms with Crippen LogP contribution in [0.25, 0.3) is 0 Å². The lowest BCUT2D eigenvalue weighted by Crippen LogP contribution is -2.37. The molecule has 2 fully saturated rings. The molecular weight excluding hydrogens is 338 g/mol. The molecule has 7 heteroatoms. The van der Waals surface area contributed by atoms with Crippen LogP contribution in [0.3, 0.4) is 0 Å². The van der Waals surface area contributed by atoms with Crippen molar-refractivity contribution < 1.29 is 28.7 Å². The highest BCUT2D eigenvalue weighted by Crippen LogP contribution is 2.37. The molecule has 2 aliphatic rings. The van der Waals surface area contributed by atoms with Crippen molar-refractivity contribution in [3.8, 4) is 5.75 Å². The first-order chi connectivity index (χ1) is 12.5. The fourth-order valence-corrected chi connectivity index (χ4v) is 3.66. The molecule has 0 N–H and O–H groups in total. The van der Waals surface area contributed by atoms with Crippen LogP contribution < -0.4 is 4.74 Å². The Labute approximate surface area is 151 Å². The SMILES string of the molecule is COc1ccccc1C(=O)COC(=O)CN1C(=O)[C@H]2CCCC[C@H]2C1=O. The van der Waals surface area contributed by atoms with E-state index in [1.807, 2.05) is 0 Å². The van der Waals surface area contributed by atoms with E-state index in [0.717, 1.165) is 17.7 Å². The number of benzene rings is 1. The van der Waals surface area contributed by atoms with Crippen molar-refractivity contribution in [2.75, 3.05) is 20.3 Å². The van der Waals surface area contributed by atoms with Crippen LogP contribution in [-0.2, 0) is 19.1 Å². The molecule has 0 bridgehead atoms. The summed E-state index contributed by atoms with van der Waals surface area (Å²) in [6.07, 6.45) is 3.22. The number of amides is 2. The maximum Gasteiger partial charge on any atom is 0.326 e. The summed E-state index contributed by atoms with van der Waals surface area (Å²) in [5.74, 6) is -2.00. The maximum atomic E-state index is 12.3. The Morgan fingerprint density at radius 2 is 1.69 bits per heavy atom. The number of carbonyl (C=O) groups excluding carboxylic acids is 4. The highest BCUT2D eigenvalue weighted by Gasteiger charge is 2.48. The Morgan fingerprint density at radius 3 is 2.31 bits per heavy atom. The van der Waals surface area contributed by atoms with Crippen LogP contribution in [0, 0.1) is 11.8 Å². The number of methoxy groups -OCH3 is 1. The summed E-state index contributed by atoms with van der Waals surface area (Å²) in [6.45, 7) is -0.911. The molecule has 0 aromatic heterocycles. The van der Waals surface area contributed by atoms with Gasteiger partial charge in [-0.2, -0.15) is 0 Å². The van der Waals surface area contributed by atoms with Gasteiger partial charge in [0.2, 0.25) is 17.6 Å². The summed E-state index contributed by atoms with van der Waals surface area (Å²) in [6, 6.07) is 6.62. The largest absolute Gasteiger partial charge is 0.496 e. The van der Waals surface area contributed by atoms with Crippen molar-refractivity contribution in [2.45, 2.75) is 25.7 Å². The first-order valence-corrected chi connectivity index (χ1v) is 8.70. The summed E-state index contributed by atoms with van der Waals surface area (Å²) in [7, 11) is 1.45. The van der Waals surface area contributed by atoms with E-state index >= 15 is 0 Å². The van der Waals surface area contributed by atoms with Gasteiger partial charge in [-0.1, -0.05) is 25.0 Å². The molecule has 0 spiro atoms. The minimum absolute atomic E-state index is 0.298. The number of hydrogen-bond donors (Lipinski definition) is 0. The summed E-state index contributed by atoms with van der Waals surface area (Å²) in [5.41, 5.74) is 0.308. The van der Waals surface area contributed by atoms with Crippen molar-refractivity contribution >= 4 is 23.6 Å². The third kappa shape index (κ3) is 3.47. The monoisotopic (exact) mass is 359 g/mol. The van der Waals surface area contributed by atoms with Crippen LogP contribution in [0.15, 0.2) is 24.3 Å². The van der Waals surface area contributed by atoms with E-state index in [4.69, 9.17) is 9.47 Å². The number of likely N-dealkylation sites (tertiary alicyclic amines) is 1. The number of ketones is 1. The van der Waals surface area contributed by atoms with Gasteiger partial charge >= 0.3 is 5.97 Å². The smallest absolute Gasteiger partial charge is 0.326 e. The lowest BCUT2D eigenvalue weighted by atomic mass is 9.81. The highest BCUT2D eigenvalue weighted by molar-refractivity contribution is 6.07. The van der Waals surface area contributed by atoms with Crippen molar-refractivity contribution in [1.29, 1.82) is 0 Å². The summed E-state index contributed by atoms with van der Waals surface area (Å²) in [4.78, 5) is 49.9. The Hall–Kier alpha value is -2.70. The van der Waals surface area contributed by atoms with Crippen molar-refractivity contribution in [1.82, 2.24) is 4.90 Å². The van der Waals surface area contributed by atoms with E-state index in [2.05, 4.69) is 0 Å². The molecule has 1 aliphatic heterocycles. The average Bonchev–Trinajstić information content (AvgIpc) is 2.91. The molecule has 1 saturated carbocycles. The van der Waals surface area contributed by atoms with Gasteiger partial charge in [0.15, 0.2) is 6.61 Å². The predicted octanol–water partition coefficient (Wildman–Crippen LogP) is 1.60. The van der Waals surface area contributed by atoms with Crippen LogP contribution in [0.1, 0.15) is 36.0 Å². The molecule has 3 rings (SSSR count). The number of fused-ring (bicyclic) bond motifs is 1. The van der Waals surface area contributed by atoms with Gasteiger partial charge in [-0.3, -0.25) is 24.1 Å². The third-order valence-electron chi connectivity index (χ3n) is 4.99. The Balaban J connectivity index is 1.57. The zero-order chi connectivity index (χ0) is 18.7. The number of nitrogens with zero attached hydrogens (tertiary/aromatic N) is 1. The van der Waals surface area contributed by atoms with Crippen molar-refractivity contribution in [3.63, 3.8) is 0 Å². The van der Waals surface area contributed by atoms with Gasteiger partial charge in [0.05, 0.1) is 24.5 Å². The highest BCUT2D eigenvalue weighted by atomic mass is 16.5. The molecule has 2 atom stereocenters. The van der Waals surface area contributed by atoms with E-state index in [1.165, 1.54) is 7.11 Å². The van der Waals surface area contributed by atoms with E-state index in [0.29, 0.717) is 24.2 Å². The minimum atomic E-state index is -0.770. The predicted molar refractivity (Wildman–Crippen MR) is 90.5 cm³/mol. The van der Waals surface area contributed by atoms with Gasteiger partial charge < -0.3 is 9.47 Å². The van der Waals surface area contributed by atoms with Gasteiger partial charge in [-0.05, 0) is 25.0 Å².